The Morgan fingerprint density at radius 1 is 0.319 bits per heavy atom. The fourth-order valence-electron chi connectivity index (χ4n) is 11.7. The van der Waals surface area contributed by atoms with Crippen LogP contribution in [-0.2, 0) is 5.41 Å². The summed E-state index contributed by atoms with van der Waals surface area (Å²) in [6.45, 7) is 2.23. The van der Waals surface area contributed by atoms with Gasteiger partial charge in [-0.05, 0) is 142 Å². The lowest BCUT2D eigenvalue weighted by Gasteiger charge is -2.44. The van der Waals surface area contributed by atoms with E-state index >= 15 is 0 Å². The monoisotopic (exact) mass is 919 g/mol. The van der Waals surface area contributed by atoms with E-state index in [-0.39, 0.29) is 6.71 Å². The van der Waals surface area contributed by atoms with E-state index in [0.717, 1.165) is 34.0 Å². The van der Waals surface area contributed by atoms with E-state index in [0.29, 0.717) is 0 Å². The van der Waals surface area contributed by atoms with E-state index < -0.39 is 5.41 Å². The third-order valence-corrected chi connectivity index (χ3v) is 14.8. The standard InChI is InChI=1S/C68H50BN3/c1-49-36-45-64-62(46-49)69-61-34-20-21-35-63(61)71(59-39-37-55(38-40-59)68(52-24-10-3-11-25-52,53-26-12-4-13-27-53)54-28-14-5-15-29-54)65-47-51(50-22-8-2-9-23-50)48-66(67(65)69)72(64)60-43-41-58(42-44-60)70(56-30-16-6-17-31-56)57-32-18-7-19-33-57/h2-48H,1H3. The molecule has 0 N–H and O–H groups in total. The van der Waals surface area contributed by atoms with Crippen molar-refractivity contribution >= 4 is 74.3 Å². The normalized spacial score (nSPS) is 12.4. The molecule has 4 heteroatoms. The molecule has 0 unspecified atom stereocenters. The van der Waals surface area contributed by atoms with Gasteiger partial charge in [0.1, 0.15) is 0 Å². The van der Waals surface area contributed by atoms with Crippen molar-refractivity contribution in [3.63, 3.8) is 0 Å². The molecule has 0 saturated carbocycles. The second kappa shape index (κ2) is 18.0. The molecule has 0 radical (unpaired) electrons. The van der Waals surface area contributed by atoms with Gasteiger partial charge in [0, 0.05) is 51.2 Å². The van der Waals surface area contributed by atoms with Crippen LogP contribution in [0.5, 0.6) is 0 Å². The van der Waals surface area contributed by atoms with E-state index in [9.17, 15) is 0 Å². The third kappa shape index (κ3) is 7.14. The Kier molecular flexibility index (Phi) is 10.7. The number of rotatable bonds is 10. The second-order valence-corrected chi connectivity index (χ2v) is 18.9. The third-order valence-electron chi connectivity index (χ3n) is 14.8. The van der Waals surface area contributed by atoms with Gasteiger partial charge in [0.25, 0.3) is 6.71 Å². The maximum Gasteiger partial charge on any atom is 0.252 e. The zero-order valence-corrected chi connectivity index (χ0v) is 40.1. The maximum absolute atomic E-state index is 2.52. The van der Waals surface area contributed by atoms with Crippen molar-refractivity contribution in [3.8, 4) is 11.1 Å². The summed E-state index contributed by atoms with van der Waals surface area (Å²) in [5.41, 5.74) is 22.0. The van der Waals surface area contributed by atoms with Crippen LogP contribution in [0.1, 0.15) is 27.8 Å². The Balaban J connectivity index is 1.02. The maximum atomic E-state index is 2.52. The highest BCUT2D eigenvalue weighted by Crippen LogP contribution is 2.49. The Hall–Kier alpha value is -9.12. The molecule has 0 atom stereocenters. The van der Waals surface area contributed by atoms with Crippen LogP contribution in [0.3, 0.4) is 0 Å². The minimum atomic E-state index is -0.559. The summed E-state index contributed by atoms with van der Waals surface area (Å²) in [4.78, 5) is 7.36. The molecule has 3 nitrogen and oxygen atoms in total. The molecule has 2 aliphatic heterocycles. The highest BCUT2D eigenvalue weighted by molar-refractivity contribution is 7.00. The van der Waals surface area contributed by atoms with Gasteiger partial charge in [-0.2, -0.15) is 0 Å². The average Bonchev–Trinajstić information content (AvgIpc) is 3.45. The summed E-state index contributed by atoms with van der Waals surface area (Å²) >= 11 is 0. The first kappa shape index (κ1) is 42.9. The summed E-state index contributed by atoms with van der Waals surface area (Å²) in [7, 11) is 0. The molecule has 2 aliphatic rings. The topological polar surface area (TPSA) is 9.72 Å². The van der Waals surface area contributed by atoms with Gasteiger partial charge in [0.15, 0.2) is 0 Å². The fraction of sp³-hybridized carbons (Fsp3) is 0.0294. The molecule has 13 rings (SSSR count). The summed E-state index contributed by atoms with van der Waals surface area (Å²) in [5, 5.41) is 0. The van der Waals surface area contributed by atoms with E-state index in [1.54, 1.807) is 0 Å². The number of nitrogens with zero attached hydrogens (tertiary/aromatic N) is 3. The zero-order chi connectivity index (χ0) is 48.0. The lowest BCUT2D eigenvalue weighted by Crippen LogP contribution is -2.61. The van der Waals surface area contributed by atoms with Crippen LogP contribution in [-0.4, -0.2) is 6.71 Å². The van der Waals surface area contributed by atoms with Crippen molar-refractivity contribution < 1.29 is 0 Å². The largest absolute Gasteiger partial charge is 0.311 e. The molecule has 2 heterocycles. The number of fused-ring (bicyclic) bond motifs is 4. The molecule has 0 spiro atoms. The van der Waals surface area contributed by atoms with Crippen molar-refractivity contribution in [2.45, 2.75) is 12.3 Å². The highest BCUT2D eigenvalue weighted by Gasteiger charge is 2.44. The Labute approximate surface area is 423 Å². The SMILES string of the molecule is Cc1ccc2c(c1)B1c3ccccc3N(c3ccc(C(c4ccccc4)(c4ccccc4)c4ccccc4)cc3)c3cc(-c4ccccc4)cc(c31)N2c1ccc(N(c2ccccc2)c2ccccc2)cc1. The highest BCUT2D eigenvalue weighted by atomic mass is 15.2. The van der Waals surface area contributed by atoms with Crippen molar-refractivity contribution in [1.29, 1.82) is 0 Å². The molecule has 0 fully saturated rings. The molecule has 11 aromatic rings. The predicted octanol–water partition coefficient (Wildman–Crippen LogP) is 15.6. The van der Waals surface area contributed by atoms with Crippen LogP contribution in [0, 0.1) is 6.92 Å². The quantitative estimate of drug-likeness (QED) is 0.1000. The van der Waals surface area contributed by atoms with Gasteiger partial charge in [0.2, 0.25) is 0 Å². The van der Waals surface area contributed by atoms with Crippen molar-refractivity contribution in [3.05, 3.63) is 313 Å². The van der Waals surface area contributed by atoms with Crippen LogP contribution in [0.4, 0.5) is 51.2 Å². The van der Waals surface area contributed by atoms with Gasteiger partial charge < -0.3 is 14.7 Å². The molecular weight excluding hydrogens is 870 g/mol. The lowest BCUT2D eigenvalue weighted by atomic mass is 9.33. The first-order valence-corrected chi connectivity index (χ1v) is 25.0. The van der Waals surface area contributed by atoms with Gasteiger partial charge >= 0.3 is 0 Å². The minimum absolute atomic E-state index is 0.00511. The van der Waals surface area contributed by atoms with E-state index in [2.05, 4.69) is 307 Å². The van der Waals surface area contributed by atoms with Gasteiger partial charge in [-0.25, -0.2) is 0 Å². The minimum Gasteiger partial charge on any atom is -0.311 e. The molecule has 0 amide bonds. The summed E-state index contributed by atoms with van der Waals surface area (Å²) in [6.07, 6.45) is 0. The van der Waals surface area contributed by atoms with E-state index in [4.69, 9.17) is 0 Å². The second-order valence-electron chi connectivity index (χ2n) is 18.9. The number of aryl methyl sites for hydroxylation is 1. The molecule has 72 heavy (non-hydrogen) atoms. The van der Waals surface area contributed by atoms with Crippen LogP contribution < -0.4 is 31.1 Å². The fourth-order valence-corrected chi connectivity index (χ4v) is 11.7. The number of benzene rings is 11. The summed E-state index contributed by atoms with van der Waals surface area (Å²) < 4.78 is 0. The zero-order valence-electron chi connectivity index (χ0n) is 40.1. The molecule has 340 valence electrons. The Bertz CT molecular complexity index is 3550. The number of anilines is 9. The van der Waals surface area contributed by atoms with Crippen molar-refractivity contribution in [2.75, 3.05) is 14.7 Å². The smallest absolute Gasteiger partial charge is 0.252 e. The first-order chi connectivity index (χ1) is 35.6. The van der Waals surface area contributed by atoms with Gasteiger partial charge in [-0.1, -0.05) is 206 Å². The first-order valence-electron chi connectivity index (χ1n) is 25.0. The predicted molar refractivity (Wildman–Crippen MR) is 304 cm³/mol. The van der Waals surface area contributed by atoms with Crippen molar-refractivity contribution in [1.82, 2.24) is 0 Å². The van der Waals surface area contributed by atoms with Crippen molar-refractivity contribution in [2.24, 2.45) is 0 Å². The van der Waals surface area contributed by atoms with Crippen LogP contribution in [0.25, 0.3) is 11.1 Å². The molecule has 0 aromatic heterocycles. The van der Waals surface area contributed by atoms with E-state index in [1.807, 2.05) is 0 Å². The Morgan fingerprint density at radius 2 is 0.722 bits per heavy atom. The lowest BCUT2D eigenvalue weighted by molar-refractivity contribution is 0.745. The number of hydrogen-bond donors (Lipinski definition) is 0. The average molecular weight is 920 g/mol. The summed E-state index contributed by atoms with van der Waals surface area (Å²) in [5.74, 6) is 0. The van der Waals surface area contributed by atoms with Crippen LogP contribution in [0.15, 0.2) is 285 Å². The molecule has 0 bridgehead atoms. The number of hydrogen-bond acceptors (Lipinski definition) is 3. The van der Waals surface area contributed by atoms with E-state index in [1.165, 1.54) is 72.5 Å². The summed E-state index contributed by atoms with van der Waals surface area (Å²) in [6, 6.07) is 105. The Morgan fingerprint density at radius 3 is 1.24 bits per heavy atom. The van der Waals surface area contributed by atoms with Crippen LogP contribution in [0.2, 0.25) is 0 Å². The number of para-hydroxylation sites is 3. The molecule has 0 saturated heterocycles. The van der Waals surface area contributed by atoms with Gasteiger partial charge in [0.05, 0.1) is 5.41 Å². The van der Waals surface area contributed by atoms with Gasteiger partial charge in [-0.3, -0.25) is 0 Å². The van der Waals surface area contributed by atoms with Crippen LogP contribution >= 0.6 is 0 Å². The molecule has 11 aromatic carbocycles. The van der Waals surface area contributed by atoms with Gasteiger partial charge in [-0.15, -0.1) is 0 Å². The molecule has 0 aliphatic carbocycles. The molecular formula is C68H50BN3.